The van der Waals surface area contributed by atoms with Gasteiger partial charge in [0.2, 0.25) is 0 Å². The summed E-state index contributed by atoms with van der Waals surface area (Å²) in [5.41, 5.74) is 10.4. The van der Waals surface area contributed by atoms with Gasteiger partial charge in [-0.25, -0.2) is 0 Å². The monoisotopic (exact) mass is 506 g/mol. The number of hydrogen-bond donors (Lipinski definition) is 6. The van der Waals surface area contributed by atoms with Crippen LogP contribution in [-0.4, -0.2) is 95.4 Å². The predicted octanol–water partition coefficient (Wildman–Crippen LogP) is 0.468. The lowest BCUT2D eigenvalue weighted by Crippen LogP contribution is -2.70. The van der Waals surface area contributed by atoms with E-state index in [1.54, 1.807) is 13.8 Å². The van der Waals surface area contributed by atoms with Crippen molar-refractivity contribution in [3.8, 4) is 0 Å². The molecule has 0 saturated carbocycles. The highest BCUT2D eigenvalue weighted by atomic mass is 16.7. The first-order chi connectivity index (χ1) is 16.4. The van der Waals surface area contributed by atoms with Gasteiger partial charge in [0, 0.05) is 23.9 Å². The van der Waals surface area contributed by atoms with Crippen LogP contribution in [0.3, 0.4) is 0 Å². The van der Waals surface area contributed by atoms with Crippen LogP contribution in [0.15, 0.2) is 0 Å². The molecule has 208 valence electrons. The summed E-state index contributed by atoms with van der Waals surface area (Å²) >= 11 is 0. The molecule has 2 rings (SSSR count). The summed E-state index contributed by atoms with van der Waals surface area (Å²) in [6.45, 7) is 11.1. The minimum absolute atomic E-state index is 0.288. The van der Waals surface area contributed by atoms with Crippen molar-refractivity contribution >= 4 is 0 Å². The molecule has 0 aliphatic carbocycles. The van der Waals surface area contributed by atoms with Gasteiger partial charge in [-0.15, -0.1) is 0 Å². The molecule has 2 fully saturated rings. The van der Waals surface area contributed by atoms with Gasteiger partial charge in [-0.1, -0.05) is 41.5 Å². The highest BCUT2D eigenvalue weighted by Crippen LogP contribution is 2.56. The van der Waals surface area contributed by atoms with E-state index in [4.69, 9.17) is 30.4 Å². The molecule has 10 heteroatoms. The van der Waals surface area contributed by atoms with E-state index in [0.29, 0.717) is 25.7 Å². The van der Waals surface area contributed by atoms with Crippen molar-refractivity contribution in [1.82, 2.24) is 0 Å². The van der Waals surface area contributed by atoms with Crippen molar-refractivity contribution in [1.29, 1.82) is 0 Å². The molecule has 0 radical (unpaired) electrons. The zero-order chi connectivity index (χ0) is 26.8. The van der Waals surface area contributed by atoms with E-state index in [1.165, 1.54) is 7.11 Å². The van der Waals surface area contributed by atoms with Gasteiger partial charge in [0.05, 0.1) is 55.3 Å². The molecule has 2 saturated heterocycles. The first kappa shape index (κ1) is 30.8. The lowest BCUT2D eigenvalue weighted by Gasteiger charge is -2.60. The zero-order valence-electron chi connectivity index (χ0n) is 22.5. The molecule has 35 heavy (non-hydrogen) atoms. The Labute approximate surface area is 210 Å². The summed E-state index contributed by atoms with van der Waals surface area (Å²) in [7, 11) is 1.45. The van der Waals surface area contributed by atoms with Crippen molar-refractivity contribution in [2.45, 2.75) is 122 Å². The van der Waals surface area contributed by atoms with Gasteiger partial charge in [0.15, 0.2) is 12.6 Å². The molecule has 0 aromatic rings. The lowest BCUT2D eigenvalue weighted by atomic mass is 9.54. The number of rotatable bonds is 11. The second-order valence-corrected chi connectivity index (χ2v) is 10.8. The van der Waals surface area contributed by atoms with E-state index in [0.717, 1.165) is 0 Å². The first-order valence-electron chi connectivity index (χ1n) is 13.0. The number of ether oxygens (including phenoxy) is 4. The summed E-state index contributed by atoms with van der Waals surface area (Å²) < 4.78 is 24.3. The van der Waals surface area contributed by atoms with Gasteiger partial charge >= 0.3 is 0 Å². The SMILES string of the molecule is CCC(CC)(O[C@@H]1OC(CO)C(C)(C)C(O)[C@@H]1N)C(CC)(CC)[C@@H]1C(CO)O[C@@H](OC)[C@@H](N)C1O. The zero-order valence-corrected chi connectivity index (χ0v) is 22.5. The van der Waals surface area contributed by atoms with Crippen LogP contribution in [0.4, 0.5) is 0 Å². The van der Waals surface area contributed by atoms with E-state index >= 15 is 0 Å². The van der Waals surface area contributed by atoms with Crippen LogP contribution in [0.5, 0.6) is 0 Å². The molecule has 0 spiro atoms. The molecule has 2 heterocycles. The molecule has 2 aliphatic heterocycles. The maximum Gasteiger partial charge on any atom is 0.176 e. The van der Waals surface area contributed by atoms with Crippen LogP contribution in [0.2, 0.25) is 0 Å². The van der Waals surface area contributed by atoms with Gasteiger partial charge in [0.25, 0.3) is 0 Å². The minimum atomic E-state index is -1.03. The van der Waals surface area contributed by atoms with E-state index in [-0.39, 0.29) is 13.2 Å². The Balaban J connectivity index is 2.57. The van der Waals surface area contributed by atoms with Crippen molar-refractivity contribution < 1.29 is 39.4 Å². The third kappa shape index (κ3) is 5.04. The van der Waals surface area contributed by atoms with E-state index in [9.17, 15) is 20.4 Å². The smallest absolute Gasteiger partial charge is 0.176 e. The van der Waals surface area contributed by atoms with E-state index in [2.05, 4.69) is 0 Å². The van der Waals surface area contributed by atoms with E-state index < -0.39 is 71.4 Å². The average molecular weight is 507 g/mol. The fourth-order valence-corrected chi connectivity index (χ4v) is 6.80. The summed E-state index contributed by atoms with van der Waals surface area (Å²) in [5, 5.41) is 42.7. The third-order valence-corrected chi connectivity index (χ3v) is 9.22. The number of nitrogens with two attached hydrogens (primary N) is 2. The summed E-state index contributed by atoms with van der Waals surface area (Å²) in [4.78, 5) is 0. The molecule has 9 atom stereocenters. The summed E-state index contributed by atoms with van der Waals surface area (Å²) in [6.07, 6.45) is -2.94. The van der Waals surface area contributed by atoms with Crippen LogP contribution in [0, 0.1) is 16.7 Å². The number of aliphatic hydroxyl groups excluding tert-OH is 4. The fourth-order valence-electron chi connectivity index (χ4n) is 6.80. The Morgan fingerprint density at radius 3 is 1.86 bits per heavy atom. The second-order valence-electron chi connectivity index (χ2n) is 10.8. The normalized spacial score (nSPS) is 38.5. The predicted molar refractivity (Wildman–Crippen MR) is 131 cm³/mol. The number of methoxy groups -OCH3 is 1. The summed E-state index contributed by atoms with van der Waals surface area (Å²) in [6, 6.07) is -1.66. The van der Waals surface area contributed by atoms with Crippen molar-refractivity contribution in [2.75, 3.05) is 20.3 Å². The molecular formula is C25H50N2O8. The average Bonchev–Trinajstić information content (AvgIpc) is 2.86. The number of hydrogen-bond acceptors (Lipinski definition) is 10. The maximum absolute atomic E-state index is 11.5. The molecular weight excluding hydrogens is 456 g/mol. The highest BCUT2D eigenvalue weighted by Gasteiger charge is 2.62. The molecule has 4 unspecified atom stereocenters. The standard InChI is InChI=1S/C25H50N2O8/c1-8-24(9-2,16-14(12-28)33-21(32-7)17(26)19(16)30)25(10-3,11-4)35-22-18(27)20(31)23(5,6)15(13-29)34-22/h14-22,28-31H,8-13,26-27H2,1-7H3/t14?,15?,16-,17+,18+,19?,20?,21-,22+/m1/s1. The van der Waals surface area contributed by atoms with Gasteiger partial charge in [-0.2, -0.15) is 0 Å². The molecule has 0 amide bonds. The topological polar surface area (TPSA) is 170 Å². The van der Waals surface area contributed by atoms with Crippen LogP contribution in [0.25, 0.3) is 0 Å². The van der Waals surface area contributed by atoms with Crippen molar-refractivity contribution in [3.63, 3.8) is 0 Å². The third-order valence-electron chi connectivity index (χ3n) is 9.22. The Kier molecular flexibility index (Phi) is 10.5. The van der Waals surface area contributed by atoms with Gasteiger partial charge < -0.3 is 50.8 Å². The van der Waals surface area contributed by atoms with Crippen molar-refractivity contribution in [2.24, 2.45) is 28.2 Å². The fraction of sp³-hybridized carbons (Fsp3) is 1.00. The molecule has 0 aromatic carbocycles. The maximum atomic E-state index is 11.5. The van der Waals surface area contributed by atoms with Crippen LogP contribution in [0.1, 0.15) is 67.2 Å². The lowest BCUT2D eigenvalue weighted by molar-refractivity contribution is -0.342. The molecule has 10 nitrogen and oxygen atoms in total. The highest BCUT2D eigenvalue weighted by molar-refractivity contribution is 5.10. The van der Waals surface area contributed by atoms with Gasteiger partial charge in [0.1, 0.15) is 0 Å². The van der Waals surface area contributed by atoms with E-state index in [1.807, 2.05) is 27.7 Å². The Hall–Kier alpha value is -0.400. The minimum Gasteiger partial charge on any atom is -0.394 e. The number of aliphatic hydroxyl groups is 4. The second kappa shape index (κ2) is 12.0. The van der Waals surface area contributed by atoms with Gasteiger partial charge in [-0.3, -0.25) is 0 Å². The van der Waals surface area contributed by atoms with Crippen molar-refractivity contribution in [3.05, 3.63) is 0 Å². The molecule has 0 bridgehead atoms. The van der Waals surface area contributed by atoms with Crippen LogP contribution in [-0.2, 0) is 18.9 Å². The molecule has 0 aromatic heterocycles. The Morgan fingerprint density at radius 1 is 0.857 bits per heavy atom. The van der Waals surface area contributed by atoms with Crippen LogP contribution < -0.4 is 11.5 Å². The first-order valence-corrected chi connectivity index (χ1v) is 13.0. The quantitative estimate of drug-likeness (QED) is 0.231. The summed E-state index contributed by atoms with van der Waals surface area (Å²) in [5.74, 6) is -0.571. The van der Waals surface area contributed by atoms with Gasteiger partial charge in [-0.05, 0) is 25.7 Å². The largest absolute Gasteiger partial charge is 0.394 e. The van der Waals surface area contributed by atoms with Crippen LogP contribution >= 0.6 is 0 Å². The molecule has 8 N–H and O–H groups in total. The Bertz CT molecular complexity index is 651. The Morgan fingerprint density at radius 2 is 1.43 bits per heavy atom. The molecule has 2 aliphatic rings.